The summed E-state index contributed by atoms with van der Waals surface area (Å²) in [6.45, 7) is 5.06. The van der Waals surface area contributed by atoms with Crippen LogP contribution in [0.5, 0.6) is 0 Å². The second kappa shape index (κ2) is 8.01. The second-order valence-corrected chi connectivity index (χ2v) is 3.55. The van der Waals surface area contributed by atoms with Crippen molar-refractivity contribution in [2.24, 2.45) is 11.8 Å². The quantitative estimate of drug-likeness (QED) is 0.459. The van der Waals surface area contributed by atoms with Crippen LogP contribution in [0.25, 0.3) is 0 Å². The molecule has 0 radical (unpaired) electrons. The highest BCUT2D eigenvalue weighted by atomic mass is 16.6. The second-order valence-electron chi connectivity index (χ2n) is 3.55. The van der Waals surface area contributed by atoms with Gasteiger partial charge >= 0.3 is 0 Å². The van der Waals surface area contributed by atoms with Crippen LogP contribution in [0.4, 0.5) is 0 Å². The zero-order chi connectivity index (χ0) is 10.1. The van der Waals surface area contributed by atoms with Crippen molar-refractivity contribution in [2.75, 3.05) is 13.2 Å². The lowest BCUT2D eigenvalue weighted by molar-refractivity contribution is -0.125. The molecule has 3 N–H and O–H groups in total. The van der Waals surface area contributed by atoms with Crippen LogP contribution in [0.2, 0.25) is 0 Å². The molecule has 0 aliphatic carbocycles. The van der Waals surface area contributed by atoms with E-state index in [4.69, 9.17) is 5.90 Å². The first kappa shape index (κ1) is 12.4. The van der Waals surface area contributed by atoms with Gasteiger partial charge in [0.25, 0.3) is 0 Å². The van der Waals surface area contributed by atoms with Crippen molar-refractivity contribution in [1.29, 1.82) is 0 Å². The van der Waals surface area contributed by atoms with Crippen LogP contribution < -0.4 is 11.2 Å². The van der Waals surface area contributed by atoms with Crippen LogP contribution >= 0.6 is 0 Å². The maximum Gasteiger partial charge on any atom is 0.248 e. The van der Waals surface area contributed by atoms with Crippen molar-refractivity contribution in [3.8, 4) is 0 Å². The highest BCUT2D eigenvalue weighted by Gasteiger charge is 1.99. The van der Waals surface area contributed by atoms with Gasteiger partial charge in [-0.15, -0.1) is 0 Å². The molecule has 78 valence electrons. The Morgan fingerprint density at radius 2 is 2.15 bits per heavy atom. The number of nitrogens with two attached hydrogens (primary N) is 1. The van der Waals surface area contributed by atoms with Crippen LogP contribution in [-0.2, 0) is 9.63 Å². The number of carbonyl (C=O) groups is 1. The predicted molar refractivity (Wildman–Crippen MR) is 51.8 cm³/mol. The van der Waals surface area contributed by atoms with Crippen molar-refractivity contribution in [2.45, 2.75) is 33.1 Å². The summed E-state index contributed by atoms with van der Waals surface area (Å²) in [5.74, 6) is 5.33. The van der Waals surface area contributed by atoms with Gasteiger partial charge in [0.05, 0.1) is 0 Å². The molecule has 0 aliphatic rings. The van der Waals surface area contributed by atoms with Crippen molar-refractivity contribution in [3.05, 3.63) is 0 Å². The fourth-order valence-electron chi connectivity index (χ4n) is 1.03. The number of unbranched alkanes of at least 4 members (excludes halogenated alkanes) is 1. The molecule has 0 aromatic carbocycles. The fourth-order valence-corrected chi connectivity index (χ4v) is 1.03. The van der Waals surface area contributed by atoms with Crippen LogP contribution in [0.15, 0.2) is 0 Å². The lowest BCUT2D eigenvalue weighted by atomic mass is 10.1. The zero-order valence-corrected chi connectivity index (χ0v) is 8.51. The van der Waals surface area contributed by atoms with Gasteiger partial charge in [-0.2, -0.15) is 0 Å². The summed E-state index contributed by atoms with van der Waals surface area (Å²) < 4.78 is 0. The van der Waals surface area contributed by atoms with Gasteiger partial charge in [0.2, 0.25) is 5.91 Å². The van der Waals surface area contributed by atoms with Gasteiger partial charge in [-0.05, 0) is 12.3 Å². The molecule has 0 rings (SSSR count). The van der Waals surface area contributed by atoms with Crippen LogP contribution in [0.3, 0.4) is 0 Å². The molecule has 0 spiro atoms. The molecule has 0 aromatic heterocycles. The fraction of sp³-hybridized carbons (Fsp3) is 0.889. The van der Waals surface area contributed by atoms with Gasteiger partial charge < -0.3 is 5.32 Å². The molecule has 0 aromatic rings. The van der Waals surface area contributed by atoms with Gasteiger partial charge in [-0.25, -0.2) is 5.90 Å². The number of nitrogens with one attached hydrogen (secondary N) is 1. The molecule has 1 amide bonds. The van der Waals surface area contributed by atoms with Gasteiger partial charge in [-0.1, -0.05) is 26.7 Å². The molecule has 13 heavy (non-hydrogen) atoms. The van der Waals surface area contributed by atoms with Crippen molar-refractivity contribution in [1.82, 2.24) is 5.32 Å². The molecule has 0 atom stereocenters. The summed E-state index contributed by atoms with van der Waals surface area (Å²) in [5.41, 5.74) is 0. The van der Waals surface area contributed by atoms with E-state index in [0.29, 0.717) is 0 Å². The number of hydrogen-bond acceptors (Lipinski definition) is 3. The molecular weight excluding hydrogens is 168 g/mol. The minimum Gasteiger partial charge on any atom is -0.354 e. The van der Waals surface area contributed by atoms with Gasteiger partial charge in [0, 0.05) is 6.54 Å². The average molecular weight is 188 g/mol. The van der Waals surface area contributed by atoms with E-state index in [-0.39, 0.29) is 12.5 Å². The lowest BCUT2D eigenvalue weighted by Gasteiger charge is -2.05. The average Bonchev–Trinajstić information content (AvgIpc) is 2.03. The molecule has 0 aliphatic heterocycles. The molecule has 0 saturated carbocycles. The largest absolute Gasteiger partial charge is 0.354 e. The third kappa shape index (κ3) is 9.30. The minimum atomic E-state index is -0.146. The third-order valence-corrected chi connectivity index (χ3v) is 1.74. The van der Waals surface area contributed by atoms with E-state index >= 15 is 0 Å². The Bertz CT molecular complexity index is 138. The molecule has 0 unspecified atom stereocenters. The lowest BCUT2D eigenvalue weighted by Crippen LogP contribution is -2.29. The van der Waals surface area contributed by atoms with Crippen LogP contribution in [0, 0.1) is 5.92 Å². The Hall–Kier alpha value is -0.610. The molecule has 0 bridgehead atoms. The van der Waals surface area contributed by atoms with Crippen LogP contribution in [0.1, 0.15) is 33.1 Å². The van der Waals surface area contributed by atoms with Gasteiger partial charge in [-0.3, -0.25) is 9.63 Å². The summed E-state index contributed by atoms with van der Waals surface area (Å²) in [6, 6.07) is 0. The van der Waals surface area contributed by atoms with Gasteiger partial charge in [0.15, 0.2) is 0 Å². The minimum absolute atomic E-state index is 0.0514. The molecule has 0 saturated heterocycles. The molecular formula is C9H20N2O2. The Morgan fingerprint density at radius 3 is 2.69 bits per heavy atom. The standard InChI is InChI=1S/C9H20N2O2/c1-8(2)5-3-4-6-11-9(12)7-13-10/h8H,3-7,10H2,1-2H3,(H,11,12). The van der Waals surface area contributed by atoms with Crippen LogP contribution in [-0.4, -0.2) is 19.1 Å². The van der Waals surface area contributed by atoms with E-state index in [9.17, 15) is 4.79 Å². The Balaban J connectivity index is 3.11. The summed E-state index contributed by atoms with van der Waals surface area (Å²) in [7, 11) is 0. The number of hydrogen-bond donors (Lipinski definition) is 2. The maximum absolute atomic E-state index is 10.8. The van der Waals surface area contributed by atoms with Gasteiger partial charge in [0.1, 0.15) is 6.61 Å². The Kier molecular flexibility index (Phi) is 7.63. The molecule has 0 fully saturated rings. The summed E-state index contributed by atoms with van der Waals surface area (Å²) in [5, 5.41) is 2.71. The van der Waals surface area contributed by atoms with E-state index in [2.05, 4.69) is 24.0 Å². The first-order valence-corrected chi connectivity index (χ1v) is 4.75. The Morgan fingerprint density at radius 1 is 1.46 bits per heavy atom. The summed E-state index contributed by atoms with van der Waals surface area (Å²) >= 11 is 0. The number of rotatable bonds is 7. The predicted octanol–water partition coefficient (Wildman–Crippen LogP) is 0.819. The van der Waals surface area contributed by atoms with E-state index in [0.717, 1.165) is 25.3 Å². The monoisotopic (exact) mass is 188 g/mol. The van der Waals surface area contributed by atoms with E-state index < -0.39 is 0 Å². The maximum atomic E-state index is 10.8. The van der Waals surface area contributed by atoms with E-state index in [1.165, 1.54) is 6.42 Å². The highest BCUT2D eigenvalue weighted by molar-refractivity contribution is 5.77. The SMILES string of the molecule is CC(C)CCCCNC(=O)CON. The molecule has 4 nitrogen and oxygen atoms in total. The first-order valence-electron chi connectivity index (χ1n) is 4.75. The normalized spacial score (nSPS) is 10.5. The van der Waals surface area contributed by atoms with E-state index in [1.54, 1.807) is 0 Å². The first-order chi connectivity index (χ1) is 6.16. The summed E-state index contributed by atoms with van der Waals surface area (Å²) in [6.07, 6.45) is 3.39. The van der Waals surface area contributed by atoms with Crippen molar-refractivity contribution >= 4 is 5.91 Å². The zero-order valence-electron chi connectivity index (χ0n) is 8.51. The smallest absolute Gasteiger partial charge is 0.248 e. The number of carbonyl (C=O) groups excluding carboxylic acids is 1. The third-order valence-electron chi connectivity index (χ3n) is 1.74. The molecule has 4 heteroatoms. The van der Waals surface area contributed by atoms with E-state index in [1.807, 2.05) is 0 Å². The Labute approximate surface area is 79.8 Å². The van der Waals surface area contributed by atoms with Crippen molar-refractivity contribution < 1.29 is 9.63 Å². The van der Waals surface area contributed by atoms with Crippen molar-refractivity contribution in [3.63, 3.8) is 0 Å². The topological polar surface area (TPSA) is 64.3 Å². The molecule has 0 heterocycles. The highest BCUT2D eigenvalue weighted by Crippen LogP contribution is 2.04. The summed E-state index contributed by atoms with van der Waals surface area (Å²) in [4.78, 5) is 15.0. The number of amides is 1.